The minimum atomic E-state index is 0.203. The number of fused-ring (bicyclic) bond motifs is 2. The molecule has 0 spiro atoms. The van der Waals surface area contributed by atoms with Gasteiger partial charge in [0.05, 0.1) is 12.7 Å². The van der Waals surface area contributed by atoms with E-state index >= 15 is 0 Å². The van der Waals surface area contributed by atoms with Crippen LogP contribution < -0.4 is 16.2 Å². The van der Waals surface area contributed by atoms with Crippen LogP contribution in [0.1, 0.15) is 62.0 Å². The molecule has 0 aromatic heterocycles. The molecule has 6 rings (SSSR count). The molecular weight excluding hydrogens is 439 g/mol. The van der Waals surface area contributed by atoms with E-state index in [4.69, 9.17) is 4.74 Å². The molecule has 1 saturated carbocycles. The Morgan fingerprint density at radius 3 is 2.17 bits per heavy atom. The van der Waals surface area contributed by atoms with Crippen molar-refractivity contribution < 1.29 is 4.74 Å². The van der Waals surface area contributed by atoms with Crippen LogP contribution in [0.25, 0.3) is 0 Å². The van der Waals surface area contributed by atoms with Crippen LogP contribution in [-0.2, 0) is 4.74 Å². The SMILES string of the molecule is B1c2ccccc2C(C2CN(C3CCCCCCC(Nc4ccccc4)C3)CCO2)c2ccccc21. The standard InChI is InChI=1S/C32H39BN2O/c1-2-7-15-26(22-25(14-4-1)34-24-12-5-3-6-13-24)35-20-21-36-31(23-35)32-27-16-8-10-18-29(27)33-30-19-11-9-17-28(30)32/h3,5-6,8-13,16-19,25-26,31-34H,1-2,4,7,14-15,20-23H2. The number of hydrogen-bond donors (Lipinski definition) is 1. The van der Waals surface area contributed by atoms with Gasteiger partial charge in [-0.15, -0.1) is 0 Å². The fourth-order valence-electron chi connectivity index (χ4n) is 6.92. The van der Waals surface area contributed by atoms with Gasteiger partial charge in [0.1, 0.15) is 0 Å². The number of benzene rings is 3. The molecule has 3 atom stereocenters. The number of rotatable bonds is 4. The van der Waals surface area contributed by atoms with Crippen molar-refractivity contribution in [1.82, 2.24) is 4.90 Å². The Morgan fingerprint density at radius 1 is 0.750 bits per heavy atom. The largest absolute Gasteiger partial charge is 0.382 e. The normalized spacial score (nSPS) is 25.4. The summed E-state index contributed by atoms with van der Waals surface area (Å²) in [5, 5.41) is 3.89. The first-order valence-electron chi connectivity index (χ1n) is 14.2. The van der Waals surface area contributed by atoms with Gasteiger partial charge in [-0.05, 0) is 42.5 Å². The summed E-state index contributed by atoms with van der Waals surface area (Å²) in [5.74, 6) is 0.323. The van der Waals surface area contributed by atoms with Crippen molar-refractivity contribution in [2.75, 3.05) is 25.0 Å². The minimum absolute atomic E-state index is 0.203. The van der Waals surface area contributed by atoms with Crippen molar-refractivity contribution in [2.24, 2.45) is 0 Å². The molecule has 2 fully saturated rings. The van der Waals surface area contributed by atoms with E-state index in [1.54, 1.807) is 0 Å². The van der Waals surface area contributed by atoms with E-state index < -0.39 is 0 Å². The van der Waals surface area contributed by atoms with E-state index in [0.717, 1.165) is 27.0 Å². The van der Waals surface area contributed by atoms with Crippen LogP contribution >= 0.6 is 0 Å². The molecule has 36 heavy (non-hydrogen) atoms. The molecule has 3 unspecified atom stereocenters. The van der Waals surface area contributed by atoms with Crippen LogP contribution in [0.4, 0.5) is 5.69 Å². The van der Waals surface area contributed by atoms with E-state index in [-0.39, 0.29) is 6.10 Å². The summed E-state index contributed by atoms with van der Waals surface area (Å²) in [5.41, 5.74) is 7.14. The molecule has 2 heterocycles. The predicted molar refractivity (Wildman–Crippen MR) is 152 cm³/mol. The average Bonchev–Trinajstić information content (AvgIpc) is 3.04. The van der Waals surface area contributed by atoms with Crippen LogP contribution in [0.3, 0.4) is 0 Å². The molecular formula is C32H39BN2O. The van der Waals surface area contributed by atoms with Crippen molar-refractivity contribution in [2.45, 2.75) is 69.1 Å². The summed E-state index contributed by atoms with van der Waals surface area (Å²) in [6, 6.07) is 30.1. The Labute approximate surface area is 217 Å². The van der Waals surface area contributed by atoms with E-state index in [9.17, 15) is 0 Å². The zero-order chi connectivity index (χ0) is 24.2. The maximum Gasteiger partial charge on any atom is 0.193 e. The predicted octanol–water partition coefficient (Wildman–Crippen LogP) is 4.81. The molecule has 186 valence electrons. The van der Waals surface area contributed by atoms with Crippen LogP contribution in [0.15, 0.2) is 78.9 Å². The molecule has 0 radical (unpaired) electrons. The molecule has 3 nitrogen and oxygen atoms in total. The third kappa shape index (κ3) is 5.26. The highest BCUT2D eigenvalue weighted by atomic mass is 16.5. The van der Waals surface area contributed by atoms with Crippen molar-refractivity contribution in [1.29, 1.82) is 0 Å². The molecule has 2 aliphatic heterocycles. The first-order valence-corrected chi connectivity index (χ1v) is 14.2. The van der Waals surface area contributed by atoms with E-state index in [1.807, 2.05) is 0 Å². The molecule has 1 aliphatic carbocycles. The quantitative estimate of drug-likeness (QED) is 0.545. The number of hydrogen-bond acceptors (Lipinski definition) is 3. The second-order valence-electron chi connectivity index (χ2n) is 11.0. The summed E-state index contributed by atoms with van der Waals surface area (Å²) in [6.45, 7) is 2.91. The van der Waals surface area contributed by atoms with Crippen molar-refractivity contribution >= 4 is 23.9 Å². The minimum Gasteiger partial charge on any atom is -0.382 e. The molecule has 3 aromatic rings. The lowest BCUT2D eigenvalue weighted by atomic mass is 9.53. The summed E-state index contributed by atoms with van der Waals surface area (Å²) < 4.78 is 6.60. The summed E-state index contributed by atoms with van der Waals surface area (Å²) >= 11 is 0. The Hall–Kier alpha value is -2.56. The van der Waals surface area contributed by atoms with Gasteiger partial charge in [0, 0.05) is 36.8 Å². The van der Waals surface area contributed by atoms with Gasteiger partial charge in [0.2, 0.25) is 0 Å². The number of morpholine rings is 1. The lowest BCUT2D eigenvalue weighted by Gasteiger charge is -2.43. The topological polar surface area (TPSA) is 24.5 Å². The fourth-order valence-corrected chi connectivity index (χ4v) is 6.92. The summed E-state index contributed by atoms with van der Waals surface area (Å²) in [7, 11) is 1.04. The third-order valence-electron chi connectivity index (χ3n) is 8.72. The lowest BCUT2D eigenvalue weighted by molar-refractivity contribution is -0.0527. The highest BCUT2D eigenvalue weighted by molar-refractivity contribution is 6.69. The number of nitrogens with zero attached hydrogens (tertiary/aromatic N) is 1. The van der Waals surface area contributed by atoms with Gasteiger partial charge in [-0.25, -0.2) is 0 Å². The summed E-state index contributed by atoms with van der Waals surface area (Å²) in [4.78, 5) is 2.79. The first-order chi connectivity index (χ1) is 17.8. The smallest absolute Gasteiger partial charge is 0.193 e. The monoisotopic (exact) mass is 478 g/mol. The van der Waals surface area contributed by atoms with Gasteiger partial charge in [0.15, 0.2) is 7.28 Å². The summed E-state index contributed by atoms with van der Waals surface area (Å²) in [6.07, 6.45) is 9.40. The van der Waals surface area contributed by atoms with Crippen LogP contribution in [0.5, 0.6) is 0 Å². The highest BCUT2D eigenvalue weighted by Gasteiger charge is 2.37. The molecule has 3 aromatic carbocycles. The fraction of sp³-hybridized carbons (Fsp3) is 0.438. The van der Waals surface area contributed by atoms with Gasteiger partial charge in [0.25, 0.3) is 0 Å². The molecule has 4 heteroatoms. The van der Waals surface area contributed by atoms with E-state index in [1.165, 1.54) is 72.7 Å². The number of anilines is 1. The van der Waals surface area contributed by atoms with Crippen LogP contribution in [0, 0.1) is 0 Å². The van der Waals surface area contributed by atoms with Gasteiger partial charge in [-0.1, -0.05) is 103 Å². The van der Waals surface area contributed by atoms with Gasteiger partial charge in [-0.3, -0.25) is 4.90 Å². The lowest BCUT2D eigenvalue weighted by Crippen LogP contribution is -2.53. The zero-order valence-corrected chi connectivity index (χ0v) is 21.4. The molecule has 1 N–H and O–H groups in total. The molecule has 0 amide bonds. The Kier molecular flexibility index (Phi) is 7.43. The van der Waals surface area contributed by atoms with Gasteiger partial charge in [-0.2, -0.15) is 0 Å². The Morgan fingerprint density at radius 2 is 1.42 bits per heavy atom. The Balaban J connectivity index is 1.23. The molecule has 0 bridgehead atoms. The maximum atomic E-state index is 6.60. The maximum absolute atomic E-state index is 6.60. The van der Waals surface area contributed by atoms with E-state index in [2.05, 4.69) is 89.1 Å². The average molecular weight is 478 g/mol. The van der Waals surface area contributed by atoms with Gasteiger partial charge >= 0.3 is 0 Å². The van der Waals surface area contributed by atoms with Crippen LogP contribution in [0.2, 0.25) is 0 Å². The first kappa shape index (κ1) is 23.8. The van der Waals surface area contributed by atoms with Crippen molar-refractivity contribution in [3.63, 3.8) is 0 Å². The highest BCUT2D eigenvalue weighted by Crippen LogP contribution is 2.34. The third-order valence-corrected chi connectivity index (χ3v) is 8.72. The molecule has 1 saturated heterocycles. The van der Waals surface area contributed by atoms with Crippen molar-refractivity contribution in [3.05, 3.63) is 90.0 Å². The number of ether oxygens (including phenoxy) is 1. The second kappa shape index (κ2) is 11.2. The number of nitrogens with one attached hydrogen (secondary N) is 1. The Bertz CT molecular complexity index is 1090. The second-order valence-corrected chi connectivity index (χ2v) is 11.0. The molecule has 3 aliphatic rings. The van der Waals surface area contributed by atoms with Crippen LogP contribution in [-0.4, -0.2) is 50.1 Å². The van der Waals surface area contributed by atoms with Gasteiger partial charge < -0.3 is 10.1 Å². The zero-order valence-electron chi connectivity index (χ0n) is 21.4. The van der Waals surface area contributed by atoms with E-state index in [0.29, 0.717) is 18.0 Å². The van der Waals surface area contributed by atoms with Crippen molar-refractivity contribution in [3.8, 4) is 0 Å². The number of para-hydroxylation sites is 1.